The number of para-hydroxylation sites is 1. The Kier molecular flexibility index (Phi) is 4.55. The van der Waals surface area contributed by atoms with Crippen molar-refractivity contribution in [2.45, 2.75) is 32.8 Å². The van der Waals surface area contributed by atoms with Crippen LogP contribution in [0.1, 0.15) is 24.1 Å². The smallest absolute Gasteiger partial charge is 0.132 e. The molecule has 1 fully saturated rings. The summed E-state index contributed by atoms with van der Waals surface area (Å²) in [4.78, 5) is 15.9. The largest absolute Gasteiger partial charge is 0.391 e. The van der Waals surface area contributed by atoms with Crippen LogP contribution in [0.5, 0.6) is 0 Å². The molecule has 0 unspecified atom stereocenters. The van der Waals surface area contributed by atoms with Gasteiger partial charge in [0, 0.05) is 41.8 Å². The van der Waals surface area contributed by atoms with Gasteiger partial charge in [-0.3, -0.25) is 4.98 Å². The number of aryl methyl sites for hydroxylation is 2. The molecule has 2 atom stereocenters. The van der Waals surface area contributed by atoms with Gasteiger partial charge in [0.15, 0.2) is 0 Å². The van der Waals surface area contributed by atoms with Gasteiger partial charge >= 0.3 is 0 Å². The van der Waals surface area contributed by atoms with Gasteiger partial charge < -0.3 is 10.0 Å². The average molecular weight is 348 g/mol. The Morgan fingerprint density at radius 3 is 2.73 bits per heavy atom. The summed E-state index contributed by atoms with van der Waals surface area (Å²) in [6, 6.07) is 14.4. The van der Waals surface area contributed by atoms with Crippen molar-refractivity contribution in [3.05, 3.63) is 59.7 Å². The van der Waals surface area contributed by atoms with Crippen molar-refractivity contribution >= 4 is 16.7 Å². The first-order valence-electron chi connectivity index (χ1n) is 9.24. The average Bonchev–Trinajstić information content (AvgIpc) is 3.01. The first kappa shape index (κ1) is 16.9. The SMILES string of the molecule is CCc1cc(N2C[C@@H](Cc3ccc4ccccc4n3)[C@H](O)C2)nc(C)n1. The second-order valence-electron chi connectivity index (χ2n) is 7.05. The number of aliphatic hydroxyl groups is 1. The molecule has 0 saturated carbocycles. The molecule has 3 heterocycles. The van der Waals surface area contributed by atoms with Gasteiger partial charge in [0.05, 0.1) is 11.6 Å². The second kappa shape index (κ2) is 7.00. The number of aromatic nitrogens is 3. The number of pyridine rings is 1. The minimum absolute atomic E-state index is 0.156. The molecular weight excluding hydrogens is 324 g/mol. The quantitative estimate of drug-likeness (QED) is 0.785. The van der Waals surface area contributed by atoms with Crippen LogP contribution in [0.25, 0.3) is 10.9 Å². The molecule has 0 radical (unpaired) electrons. The predicted molar refractivity (Wildman–Crippen MR) is 103 cm³/mol. The summed E-state index contributed by atoms with van der Waals surface area (Å²) in [6.07, 6.45) is 1.29. The van der Waals surface area contributed by atoms with Gasteiger partial charge in [-0.15, -0.1) is 0 Å². The molecule has 1 aliphatic heterocycles. The Balaban J connectivity index is 1.52. The Hall–Kier alpha value is -2.53. The molecule has 1 aromatic carbocycles. The highest BCUT2D eigenvalue weighted by molar-refractivity contribution is 5.78. The highest BCUT2D eigenvalue weighted by atomic mass is 16.3. The van der Waals surface area contributed by atoms with Crippen molar-refractivity contribution in [3.63, 3.8) is 0 Å². The molecule has 5 heteroatoms. The molecule has 2 aromatic heterocycles. The fraction of sp³-hybridized carbons (Fsp3) is 0.381. The van der Waals surface area contributed by atoms with Gasteiger partial charge in [-0.25, -0.2) is 9.97 Å². The van der Waals surface area contributed by atoms with Crippen molar-refractivity contribution in [1.82, 2.24) is 15.0 Å². The molecule has 4 rings (SSSR count). The number of benzene rings is 1. The van der Waals surface area contributed by atoms with Crippen LogP contribution >= 0.6 is 0 Å². The van der Waals surface area contributed by atoms with Crippen LogP contribution in [-0.4, -0.2) is 39.3 Å². The lowest BCUT2D eigenvalue weighted by Gasteiger charge is -2.18. The number of fused-ring (bicyclic) bond motifs is 1. The predicted octanol–water partition coefficient (Wildman–Crippen LogP) is 2.94. The summed E-state index contributed by atoms with van der Waals surface area (Å²) in [6.45, 7) is 5.41. The van der Waals surface area contributed by atoms with E-state index in [2.05, 4.69) is 40.0 Å². The minimum atomic E-state index is -0.372. The van der Waals surface area contributed by atoms with E-state index in [1.807, 2.05) is 31.2 Å². The van der Waals surface area contributed by atoms with E-state index in [1.54, 1.807) is 0 Å². The summed E-state index contributed by atoms with van der Waals surface area (Å²) in [5, 5.41) is 11.7. The number of hydrogen-bond acceptors (Lipinski definition) is 5. The Morgan fingerprint density at radius 1 is 1.04 bits per heavy atom. The van der Waals surface area contributed by atoms with E-state index < -0.39 is 0 Å². The topological polar surface area (TPSA) is 62.1 Å². The Labute approximate surface area is 153 Å². The number of nitrogens with zero attached hydrogens (tertiary/aromatic N) is 4. The molecular formula is C21H24N4O. The lowest BCUT2D eigenvalue weighted by atomic mass is 9.99. The van der Waals surface area contributed by atoms with Crippen LogP contribution in [0.4, 0.5) is 5.82 Å². The number of β-amino-alcohol motifs (C(OH)–C–C–N with tert-alkyl or cyclic N) is 1. The third-order valence-corrected chi connectivity index (χ3v) is 5.10. The molecule has 1 aliphatic rings. The molecule has 0 bridgehead atoms. The van der Waals surface area contributed by atoms with Crippen molar-refractivity contribution in [1.29, 1.82) is 0 Å². The van der Waals surface area contributed by atoms with Crippen LogP contribution in [0.2, 0.25) is 0 Å². The van der Waals surface area contributed by atoms with Gasteiger partial charge in [-0.05, 0) is 31.9 Å². The van der Waals surface area contributed by atoms with Crippen LogP contribution < -0.4 is 4.90 Å². The maximum atomic E-state index is 10.6. The Morgan fingerprint density at radius 2 is 1.88 bits per heavy atom. The van der Waals surface area contributed by atoms with E-state index in [4.69, 9.17) is 4.98 Å². The summed E-state index contributed by atoms with van der Waals surface area (Å²) in [7, 11) is 0. The normalized spacial score (nSPS) is 20.0. The monoisotopic (exact) mass is 348 g/mol. The van der Waals surface area contributed by atoms with E-state index in [1.165, 1.54) is 0 Å². The molecule has 1 N–H and O–H groups in total. The molecule has 0 spiro atoms. The third kappa shape index (κ3) is 3.40. The summed E-state index contributed by atoms with van der Waals surface area (Å²) in [5.74, 6) is 1.86. The lowest BCUT2D eigenvalue weighted by molar-refractivity contribution is 0.148. The van der Waals surface area contributed by atoms with Gasteiger partial charge in [0.1, 0.15) is 11.6 Å². The van der Waals surface area contributed by atoms with Crippen LogP contribution in [-0.2, 0) is 12.8 Å². The van der Waals surface area contributed by atoms with Crippen LogP contribution in [0.15, 0.2) is 42.5 Å². The zero-order chi connectivity index (χ0) is 18.1. The summed E-state index contributed by atoms with van der Waals surface area (Å²) < 4.78 is 0. The maximum absolute atomic E-state index is 10.6. The van der Waals surface area contributed by atoms with Crippen LogP contribution in [0, 0.1) is 12.8 Å². The zero-order valence-corrected chi connectivity index (χ0v) is 15.3. The highest BCUT2D eigenvalue weighted by Crippen LogP contribution is 2.26. The van der Waals surface area contributed by atoms with E-state index in [0.29, 0.717) is 6.54 Å². The van der Waals surface area contributed by atoms with E-state index in [9.17, 15) is 5.11 Å². The van der Waals surface area contributed by atoms with Crippen molar-refractivity contribution in [2.24, 2.45) is 5.92 Å². The molecule has 0 aliphatic carbocycles. The number of anilines is 1. The minimum Gasteiger partial charge on any atom is -0.391 e. The van der Waals surface area contributed by atoms with Gasteiger partial charge in [0.25, 0.3) is 0 Å². The molecule has 3 aromatic rings. The third-order valence-electron chi connectivity index (χ3n) is 5.10. The standard InChI is InChI=1S/C21H24N4O/c1-3-17-11-21(23-14(2)22-17)25-12-16(20(26)13-25)10-18-9-8-15-6-4-5-7-19(15)24-18/h4-9,11,16,20,26H,3,10,12-13H2,1-2H3/t16-,20-/m1/s1. The highest BCUT2D eigenvalue weighted by Gasteiger charge is 2.32. The second-order valence-corrected chi connectivity index (χ2v) is 7.05. The van der Waals surface area contributed by atoms with Crippen molar-refractivity contribution in [2.75, 3.05) is 18.0 Å². The molecule has 5 nitrogen and oxygen atoms in total. The first-order chi connectivity index (χ1) is 12.6. The lowest BCUT2D eigenvalue weighted by Crippen LogP contribution is -2.22. The molecule has 134 valence electrons. The van der Waals surface area contributed by atoms with Crippen LogP contribution in [0.3, 0.4) is 0 Å². The summed E-state index contributed by atoms with van der Waals surface area (Å²) >= 11 is 0. The van der Waals surface area contributed by atoms with Gasteiger partial charge in [-0.1, -0.05) is 31.2 Å². The van der Waals surface area contributed by atoms with E-state index >= 15 is 0 Å². The van der Waals surface area contributed by atoms with Crippen molar-refractivity contribution in [3.8, 4) is 0 Å². The fourth-order valence-corrected chi connectivity index (χ4v) is 3.69. The van der Waals surface area contributed by atoms with Gasteiger partial charge in [0.2, 0.25) is 0 Å². The van der Waals surface area contributed by atoms with E-state index in [-0.39, 0.29) is 12.0 Å². The first-order valence-corrected chi connectivity index (χ1v) is 9.24. The number of rotatable bonds is 4. The Bertz CT molecular complexity index is 927. The van der Waals surface area contributed by atoms with Crippen molar-refractivity contribution < 1.29 is 5.11 Å². The number of hydrogen-bond donors (Lipinski definition) is 1. The zero-order valence-electron chi connectivity index (χ0n) is 15.3. The maximum Gasteiger partial charge on any atom is 0.132 e. The number of aliphatic hydroxyl groups excluding tert-OH is 1. The van der Waals surface area contributed by atoms with Gasteiger partial charge in [-0.2, -0.15) is 0 Å². The summed E-state index contributed by atoms with van der Waals surface area (Å²) in [5.41, 5.74) is 3.08. The fourth-order valence-electron chi connectivity index (χ4n) is 3.69. The molecule has 26 heavy (non-hydrogen) atoms. The molecule has 1 saturated heterocycles. The van der Waals surface area contributed by atoms with E-state index in [0.717, 1.165) is 53.3 Å². The molecule has 0 amide bonds.